The third-order valence-electron chi connectivity index (χ3n) is 3.41. The molecular formula is C17H13NO12. The number of ether oxygens (including phenoxy) is 4. The molecule has 3 heterocycles. The highest BCUT2D eigenvalue weighted by Gasteiger charge is 2.15. The van der Waals surface area contributed by atoms with E-state index in [-0.39, 0.29) is 47.9 Å². The second-order valence-electron chi connectivity index (χ2n) is 5.48. The van der Waals surface area contributed by atoms with Gasteiger partial charge in [0.1, 0.15) is 0 Å². The number of carbonyl (C=O) groups excluding carboxylic acids is 2. The number of hydrogen-bond donors (Lipinski definition) is 0. The summed E-state index contributed by atoms with van der Waals surface area (Å²) in [6.45, 7) is 2.19. The van der Waals surface area contributed by atoms with Crippen LogP contribution in [0.25, 0.3) is 0 Å². The van der Waals surface area contributed by atoms with Crippen molar-refractivity contribution in [3.8, 4) is 11.6 Å². The van der Waals surface area contributed by atoms with Gasteiger partial charge in [-0.1, -0.05) is 0 Å². The van der Waals surface area contributed by atoms with Crippen molar-refractivity contribution in [2.75, 3.05) is 0 Å². The van der Waals surface area contributed by atoms with Crippen LogP contribution in [0, 0.1) is 13.8 Å². The molecule has 13 nitrogen and oxygen atoms in total. The van der Waals surface area contributed by atoms with E-state index >= 15 is 0 Å². The lowest BCUT2D eigenvalue weighted by molar-refractivity contribution is 0.0825. The van der Waals surface area contributed by atoms with Crippen LogP contribution in [-0.2, 0) is 22.7 Å². The van der Waals surface area contributed by atoms with Crippen molar-refractivity contribution in [3.05, 3.63) is 62.6 Å². The number of pyridine rings is 1. The normalized spacial score (nSPS) is 10.5. The van der Waals surface area contributed by atoms with Gasteiger partial charge in [0.05, 0.1) is 6.20 Å². The Labute approximate surface area is 165 Å². The molecule has 0 amide bonds. The predicted molar refractivity (Wildman–Crippen MR) is 89.8 cm³/mol. The van der Waals surface area contributed by atoms with E-state index in [1.54, 1.807) is 0 Å². The van der Waals surface area contributed by atoms with Gasteiger partial charge in [-0.2, -0.15) is 0 Å². The molecule has 3 aromatic heterocycles. The van der Waals surface area contributed by atoms with Crippen LogP contribution in [0.2, 0.25) is 0 Å². The minimum absolute atomic E-state index is 0.0121. The lowest BCUT2D eigenvalue weighted by atomic mass is 10.4. The van der Waals surface area contributed by atoms with E-state index in [2.05, 4.69) is 22.7 Å². The van der Waals surface area contributed by atoms with E-state index in [4.69, 9.17) is 18.9 Å². The van der Waals surface area contributed by atoms with Crippen LogP contribution in [0.1, 0.15) is 23.0 Å². The highest BCUT2D eigenvalue weighted by molar-refractivity contribution is 5.64. The Morgan fingerprint density at radius 1 is 0.833 bits per heavy atom. The summed E-state index contributed by atoms with van der Waals surface area (Å²) in [5, 5.41) is 0. The van der Waals surface area contributed by atoms with Crippen LogP contribution in [0.15, 0.2) is 45.6 Å². The smallest absolute Gasteiger partial charge is 0.426 e. The molecule has 0 saturated carbocycles. The molecule has 0 unspecified atom stereocenters. The summed E-state index contributed by atoms with van der Waals surface area (Å²) in [6, 6.07) is 2.51. The third-order valence-corrected chi connectivity index (χ3v) is 3.41. The molecule has 0 saturated heterocycles. The fourth-order valence-electron chi connectivity index (χ4n) is 1.99. The van der Waals surface area contributed by atoms with Crippen molar-refractivity contribution in [2.24, 2.45) is 0 Å². The summed E-state index contributed by atoms with van der Waals surface area (Å²) >= 11 is 0. The van der Waals surface area contributed by atoms with Gasteiger partial charge in [-0.3, -0.25) is 0 Å². The zero-order chi connectivity index (χ0) is 21.7. The monoisotopic (exact) mass is 423 g/mol. The molecule has 0 aliphatic carbocycles. The minimum Gasteiger partial charge on any atom is -0.426 e. The van der Waals surface area contributed by atoms with Crippen LogP contribution >= 0.6 is 0 Å². The summed E-state index contributed by atoms with van der Waals surface area (Å²) in [6.07, 6.45) is -1.12. The van der Waals surface area contributed by atoms with E-state index in [9.17, 15) is 19.2 Å². The molecule has 158 valence electrons. The van der Waals surface area contributed by atoms with Crippen LogP contribution in [0.3, 0.4) is 0 Å². The van der Waals surface area contributed by atoms with E-state index in [1.807, 2.05) is 0 Å². The Balaban J connectivity index is 1.45. The Hall–Kier alpha value is -4.29. The molecule has 0 bridgehead atoms. The number of hydrogen-bond acceptors (Lipinski definition) is 13. The van der Waals surface area contributed by atoms with Crippen molar-refractivity contribution < 1.29 is 46.2 Å². The fourth-order valence-corrected chi connectivity index (χ4v) is 1.99. The van der Waals surface area contributed by atoms with Gasteiger partial charge in [-0.25, -0.2) is 24.2 Å². The number of carbonyl (C=O) groups is 2. The van der Waals surface area contributed by atoms with Crippen molar-refractivity contribution in [2.45, 2.75) is 27.1 Å². The molecule has 0 atom stereocenters. The van der Waals surface area contributed by atoms with E-state index < -0.39 is 24.0 Å². The van der Waals surface area contributed by atoms with E-state index in [0.717, 1.165) is 6.20 Å². The largest absolute Gasteiger partial charge is 0.519 e. The summed E-state index contributed by atoms with van der Waals surface area (Å²) in [7, 11) is 0. The van der Waals surface area contributed by atoms with Crippen molar-refractivity contribution in [1.82, 2.24) is 4.98 Å². The van der Waals surface area contributed by atoms with Crippen molar-refractivity contribution >= 4 is 12.3 Å². The Morgan fingerprint density at radius 3 is 1.80 bits per heavy atom. The zero-order valence-electron chi connectivity index (χ0n) is 15.5. The van der Waals surface area contributed by atoms with Gasteiger partial charge >= 0.3 is 24.0 Å². The predicted octanol–water partition coefficient (Wildman–Crippen LogP) is 2.22. The topological polar surface area (TPSA) is 171 Å². The van der Waals surface area contributed by atoms with Gasteiger partial charge in [0.2, 0.25) is 5.88 Å². The van der Waals surface area contributed by atoms with Gasteiger partial charge < -0.3 is 36.6 Å². The zero-order valence-corrected chi connectivity index (χ0v) is 15.5. The second-order valence-corrected chi connectivity index (χ2v) is 5.48. The van der Waals surface area contributed by atoms with Crippen molar-refractivity contribution in [3.63, 3.8) is 0 Å². The second kappa shape index (κ2) is 8.81. The molecule has 3 rings (SSSR count). The molecule has 0 aliphatic rings. The molecule has 0 N–H and O–H groups in total. The van der Waals surface area contributed by atoms with Crippen molar-refractivity contribution in [1.29, 1.82) is 0 Å². The first-order valence-electron chi connectivity index (χ1n) is 8.14. The Morgan fingerprint density at radius 2 is 1.37 bits per heavy atom. The highest BCUT2D eigenvalue weighted by atomic mass is 16.7. The van der Waals surface area contributed by atoms with Gasteiger partial charge in [0.15, 0.2) is 42.0 Å². The average molecular weight is 423 g/mol. The highest BCUT2D eigenvalue weighted by Crippen LogP contribution is 2.16. The Bertz CT molecular complexity index is 1060. The lowest BCUT2D eigenvalue weighted by Crippen LogP contribution is -2.12. The summed E-state index contributed by atoms with van der Waals surface area (Å²) < 4.78 is 37.8. The van der Waals surface area contributed by atoms with Gasteiger partial charge in [-0.05, 0) is 19.9 Å². The SMILES string of the molecule is Cc1oc(=O)oc1COC(=O)Oc1ccc(OC(=O)OCc2oc(=O)oc2C)nc1. The third kappa shape index (κ3) is 5.37. The van der Waals surface area contributed by atoms with Crippen LogP contribution in [0.4, 0.5) is 9.59 Å². The van der Waals surface area contributed by atoms with Gasteiger partial charge in [-0.15, -0.1) is 0 Å². The minimum atomic E-state index is -1.11. The maximum atomic E-state index is 11.6. The molecule has 30 heavy (non-hydrogen) atoms. The molecule has 3 aromatic rings. The molecule has 0 aliphatic heterocycles. The van der Waals surface area contributed by atoms with Crippen LogP contribution in [-0.4, -0.2) is 17.3 Å². The number of nitrogens with zero attached hydrogens (tertiary/aromatic N) is 1. The quantitative estimate of drug-likeness (QED) is 0.529. The molecule has 0 spiro atoms. The fraction of sp³-hybridized carbons (Fsp3) is 0.235. The Kier molecular flexibility index (Phi) is 6.00. The maximum Gasteiger partial charge on any atom is 0.519 e. The standard InChI is InChI=1S/C17H13NO12/c1-8-11(28-16(21)25-8)6-23-14(19)27-10-3-4-13(18-5-10)30-15(20)24-7-12-9(2)26-17(22)29-12/h3-5H,6-7H2,1-2H3. The summed E-state index contributed by atoms with van der Waals surface area (Å²) in [5.41, 5.74) is 0. The van der Waals surface area contributed by atoms with Gasteiger partial charge in [0, 0.05) is 6.07 Å². The average Bonchev–Trinajstić information content (AvgIpc) is 3.19. The molecule has 0 fully saturated rings. The molecule has 13 heteroatoms. The van der Waals surface area contributed by atoms with E-state index in [0.29, 0.717) is 0 Å². The molecular weight excluding hydrogens is 410 g/mol. The van der Waals surface area contributed by atoms with Crippen LogP contribution in [0.5, 0.6) is 11.6 Å². The lowest BCUT2D eigenvalue weighted by Gasteiger charge is -2.06. The first-order chi connectivity index (χ1) is 14.3. The first kappa shape index (κ1) is 20.4. The number of aryl methyl sites for hydroxylation is 2. The van der Waals surface area contributed by atoms with Crippen LogP contribution < -0.4 is 21.1 Å². The van der Waals surface area contributed by atoms with E-state index in [1.165, 1.54) is 26.0 Å². The number of rotatable bonds is 6. The first-order valence-corrected chi connectivity index (χ1v) is 8.14. The summed E-state index contributed by atoms with van der Waals surface area (Å²) in [4.78, 5) is 48.9. The van der Waals surface area contributed by atoms with Gasteiger partial charge in [0.25, 0.3) is 0 Å². The molecule has 0 aromatic carbocycles. The molecule has 0 radical (unpaired) electrons. The number of aromatic nitrogens is 1. The maximum absolute atomic E-state index is 11.6. The summed E-state index contributed by atoms with van der Waals surface area (Å²) in [5.74, 6) is -1.57.